The number of hydrogen-bond acceptors (Lipinski definition) is 5. The minimum atomic E-state index is -3.88. The summed E-state index contributed by atoms with van der Waals surface area (Å²) >= 11 is 0. The molecule has 0 saturated carbocycles. The molecule has 32 heavy (non-hydrogen) atoms. The van der Waals surface area contributed by atoms with Gasteiger partial charge in [0.05, 0.1) is 15.8 Å². The number of amides is 1. The summed E-state index contributed by atoms with van der Waals surface area (Å²) in [7, 11) is -3.88. The number of sulfonamides is 1. The maximum atomic E-state index is 13.1. The molecule has 0 fully saturated rings. The van der Waals surface area contributed by atoms with Gasteiger partial charge >= 0.3 is 0 Å². The molecule has 0 bridgehead atoms. The molecule has 0 aliphatic heterocycles. The third kappa shape index (κ3) is 4.29. The van der Waals surface area contributed by atoms with Gasteiger partial charge in [0.25, 0.3) is 10.0 Å². The highest BCUT2D eigenvalue weighted by molar-refractivity contribution is 7.92. The molecule has 0 saturated heterocycles. The van der Waals surface area contributed by atoms with Crippen LogP contribution in [-0.2, 0) is 21.4 Å². The zero-order valence-corrected chi connectivity index (χ0v) is 19.0. The number of benzene rings is 2. The smallest absolute Gasteiger partial charge is 0.263 e. The zero-order valence-electron chi connectivity index (χ0n) is 18.2. The first kappa shape index (κ1) is 21.8. The number of carbonyl (C=O) groups is 1. The number of anilines is 2. The fraction of sp³-hybridized carbons (Fsp3) is 0.261. The van der Waals surface area contributed by atoms with Crippen LogP contribution in [0.25, 0.3) is 21.9 Å². The van der Waals surface area contributed by atoms with Crippen molar-refractivity contribution in [2.45, 2.75) is 45.1 Å². The number of rotatable bonds is 7. The second kappa shape index (κ2) is 8.58. The van der Waals surface area contributed by atoms with Gasteiger partial charge in [-0.15, -0.1) is 0 Å². The number of unbranched alkanes of at least 4 members (excludes halogenated alkanes) is 1. The molecule has 2 heterocycles. The fourth-order valence-corrected chi connectivity index (χ4v) is 4.59. The van der Waals surface area contributed by atoms with E-state index in [0.29, 0.717) is 23.3 Å². The largest absolute Gasteiger partial charge is 0.326 e. The average Bonchev–Trinajstić information content (AvgIpc) is 3.07. The van der Waals surface area contributed by atoms with Crippen LogP contribution in [-0.4, -0.2) is 29.1 Å². The first-order valence-electron chi connectivity index (χ1n) is 10.5. The second-order valence-electron chi connectivity index (χ2n) is 7.74. The highest BCUT2D eigenvalue weighted by Gasteiger charge is 2.20. The van der Waals surface area contributed by atoms with Gasteiger partial charge in [0.2, 0.25) is 5.91 Å². The third-order valence-electron chi connectivity index (χ3n) is 5.19. The van der Waals surface area contributed by atoms with E-state index in [0.717, 1.165) is 29.3 Å². The van der Waals surface area contributed by atoms with Crippen LogP contribution in [0.5, 0.6) is 0 Å². The van der Waals surface area contributed by atoms with Gasteiger partial charge in [-0.05, 0) is 49.2 Å². The first-order chi connectivity index (χ1) is 15.3. The van der Waals surface area contributed by atoms with E-state index in [1.54, 1.807) is 16.8 Å². The van der Waals surface area contributed by atoms with Crippen molar-refractivity contribution in [2.24, 2.45) is 0 Å². The van der Waals surface area contributed by atoms with Gasteiger partial charge in [0, 0.05) is 24.5 Å². The summed E-state index contributed by atoms with van der Waals surface area (Å²) in [6.45, 7) is 6.13. The number of hydrogen-bond donors (Lipinski definition) is 2. The lowest BCUT2D eigenvalue weighted by molar-refractivity contribution is -0.114. The van der Waals surface area contributed by atoms with Gasteiger partial charge < -0.3 is 5.32 Å². The number of carbonyl (C=O) groups excluding carboxylic acids is 1. The molecule has 0 atom stereocenters. The molecule has 0 unspecified atom stereocenters. The normalized spacial score (nSPS) is 11.7. The summed E-state index contributed by atoms with van der Waals surface area (Å²) in [4.78, 5) is 16.1. The lowest BCUT2D eigenvalue weighted by Gasteiger charge is -2.08. The van der Waals surface area contributed by atoms with Gasteiger partial charge in [0.15, 0.2) is 11.5 Å². The van der Waals surface area contributed by atoms with Crippen LogP contribution in [0.3, 0.4) is 0 Å². The van der Waals surface area contributed by atoms with Crippen molar-refractivity contribution in [1.29, 1.82) is 0 Å². The van der Waals surface area contributed by atoms with Crippen LogP contribution in [0.1, 0.15) is 32.3 Å². The van der Waals surface area contributed by atoms with Crippen molar-refractivity contribution in [3.63, 3.8) is 0 Å². The maximum absolute atomic E-state index is 13.1. The molecule has 9 heteroatoms. The summed E-state index contributed by atoms with van der Waals surface area (Å²) in [5.41, 5.74) is 3.10. The molecule has 2 N–H and O–H groups in total. The molecule has 2 aromatic heterocycles. The maximum Gasteiger partial charge on any atom is 0.263 e. The highest BCUT2D eigenvalue weighted by atomic mass is 32.2. The van der Waals surface area contributed by atoms with Crippen LogP contribution < -0.4 is 10.0 Å². The molecular weight excluding hydrogens is 426 g/mol. The van der Waals surface area contributed by atoms with E-state index in [1.165, 1.54) is 19.1 Å². The lowest BCUT2D eigenvalue weighted by Crippen LogP contribution is -2.14. The standard InChI is InChI=1S/C23H25N5O3S/c1-4-5-13-28-23-20(14-17-8-6-7-15(2)21(17)25-23)22(26-28)27-32(30,31)19-11-9-18(10-12-19)24-16(3)29/h6-12,14H,4-5,13H2,1-3H3,(H,24,29)(H,26,27). The summed E-state index contributed by atoms with van der Waals surface area (Å²) in [5, 5.41) is 8.75. The molecule has 0 spiro atoms. The van der Waals surface area contributed by atoms with Crippen molar-refractivity contribution in [2.75, 3.05) is 10.0 Å². The molecule has 1 amide bonds. The van der Waals surface area contributed by atoms with Crippen LogP contribution in [0, 0.1) is 6.92 Å². The van der Waals surface area contributed by atoms with Crippen LogP contribution in [0.4, 0.5) is 11.5 Å². The monoisotopic (exact) mass is 451 g/mol. The summed E-state index contributed by atoms with van der Waals surface area (Å²) < 4.78 is 30.5. The molecule has 4 rings (SSSR count). The summed E-state index contributed by atoms with van der Waals surface area (Å²) in [6.07, 6.45) is 1.89. The third-order valence-corrected chi connectivity index (χ3v) is 6.54. The van der Waals surface area contributed by atoms with Crippen molar-refractivity contribution >= 4 is 49.4 Å². The van der Waals surface area contributed by atoms with Crippen molar-refractivity contribution in [1.82, 2.24) is 14.8 Å². The van der Waals surface area contributed by atoms with Gasteiger partial charge in [-0.3, -0.25) is 9.52 Å². The highest BCUT2D eigenvalue weighted by Crippen LogP contribution is 2.29. The minimum absolute atomic E-state index is 0.0763. The van der Waals surface area contributed by atoms with Crippen LogP contribution in [0.2, 0.25) is 0 Å². The Balaban J connectivity index is 1.76. The summed E-state index contributed by atoms with van der Waals surface area (Å²) in [6, 6.07) is 13.8. The van der Waals surface area contributed by atoms with E-state index in [-0.39, 0.29) is 16.6 Å². The summed E-state index contributed by atoms with van der Waals surface area (Å²) in [5.74, 6) is 0.0238. The predicted molar refractivity (Wildman–Crippen MR) is 126 cm³/mol. The second-order valence-corrected chi connectivity index (χ2v) is 9.42. The average molecular weight is 452 g/mol. The Hall–Kier alpha value is -3.46. The van der Waals surface area contributed by atoms with E-state index in [2.05, 4.69) is 22.1 Å². The van der Waals surface area contributed by atoms with Gasteiger partial charge in [0.1, 0.15) is 0 Å². The van der Waals surface area contributed by atoms with Crippen LogP contribution in [0.15, 0.2) is 53.4 Å². The number of pyridine rings is 1. The Morgan fingerprint density at radius 2 is 1.88 bits per heavy atom. The Morgan fingerprint density at radius 1 is 1.12 bits per heavy atom. The SMILES string of the molecule is CCCCn1nc(NS(=O)(=O)c2ccc(NC(C)=O)cc2)c2cc3cccc(C)c3nc21. The Labute approximate surface area is 186 Å². The van der Waals surface area contributed by atoms with E-state index in [1.807, 2.05) is 31.2 Å². The molecular formula is C23H25N5O3S. The number of para-hydroxylation sites is 1. The molecule has 8 nitrogen and oxygen atoms in total. The first-order valence-corrected chi connectivity index (χ1v) is 11.9. The van der Waals surface area contributed by atoms with E-state index >= 15 is 0 Å². The lowest BCUT2D eigenvalue weighted by atomic mass is 10.1. The fourth-order valence-electron chi connectivity index (χ4n) is 3.58. The van der Waals surface area contributed by atoms with Crippen molar-refractivity contribution in [3.8, 4) is 0 Å². The topological polar surface area (TPSA) is 106 Å². The zero-order chi connectivity index (χ0) is 22.9. The van der Waals surface area contributed by atoms with E-state index in [9.17, 15) is 13.2 Å². The Kier molecular flexibility index (Phi) is 5.84. The van der Waals surface area contributed by atoms with Gasteiger partial charge in [-0.25, -0.2) is 18.1 Å². The van der Waals surface area contributed by atoms with E-state index in [4.69, 9.17) is 4.98 Å². The number of nitrogens with one attached hydrogen (secondary N) is 2. The molecule has 0 aliphatic carbocycles. The van der Waals surface area contributed by atoms with Crippen molar-refractivity contribution < 1.29 is 13.2 Å². The molecule has 0 radical (unpaired) electrons. The Morgan fingerprint density at radius 3 is 2.56 bits per heavy atom. The molecule has 166 valence electrons. The number of fused-ring (bicyclic) bond motifs is 2. The number of nitrogens with zero attached hydrogens (tertiary/aromatic N) is 3. The molecule has 0 aliphatic rings. The molecule has 4 aromatic rings. The van der Waals surface area contributed by atoms with E-state index < -0.39 is 10.0 Å². The van der Waals surface area contributed by atoms with Crippen LogP contribution >= 0.6 is 0 Å². The van der Waals surface area contributed by atoms with Gasteiger partial charge in [-0.1, -0.05) is 31.5 Å². The van der Waals surface area contributed by atoms with Gasteiger partial charge in [-0.2, -0.15) is 5.10 Å². The number of aryl methyl sites for hydroxylation is 2. The number of aromatic nitrogens is 3. The minimum Gasteiger partial charge on any atom is -0.326 e. The predicted octanol–water partition coefficient (Wildman–Crippen LogP) is 4.45. The molecule has 2 aromatic carbocycles. The van der Waals surface area contributed by atoms with Crippen molar-refractivity contribution in [3.05, 3.63) is 54.1 Å². The Bertz CT molecular complexity index is 1410. The quantitative estimate of drug-likeness (QED) is 0.432.